The third-order valence-corrected chi connectivity index (χ3v) is 7.93. The first kappa shape index (κ1) is 18.7. The standard InChI is InChI=1S/C29H28N2/c1-29(2)23-18-24(29)22(17-19-9-4-3-5-10-19)28-21(23)15-16-27(31-28)26-14-8-13-25(30-26)20-11-6-7-12-20/h3-16,20,22-24H,17-18H2,1-2H3/t22-,23-,24+/m0/s1. The fraction of sp³-hybridized carbons (Fsp3) is 0.310. The Morgan fingerprint density at radius 1 is 0.839 bits per heavy atom. The molecule has 0 unspecified atom stereocenters. The van der Waals surface area contributed by atoms with Crippen molar-refractivity contribution in [3.8, 4) is 11.4 Å². The lowest BCUT2D eigenvalue weighted by Crippen LogP contribution is -2.51. The predicted molar refractivity (Wildman–Crippen MR) is 126 cm³/mol. The monoisotopic (exact) mass is 404 g/mol. The van der Waals surface area contributed by atoms with Crippen LogP contribution in [0.1, 0.15) is 60.5 Å². The molecular formula is C29H28N2. The van der Waals surface area contributed by atoms with Gasteiger partial charge in [0.05, 0.1) is 17.1 Å². The van der Waals surface area contributed by atoms with Gasteiger partial charge < -0.3 is 0 Å². The third kappa shape index (κ3) is 3.00. The highest BCUT2D eigenvalue weighted by molar-refractivity contribution is 5.57. The maximum Gasteiger partial charge on any atom is 0.0889 e. The van der Waals surface area contributed by atoms with Crippen LogP contribution in [-0.4, -0.2) is 9.97 Å². The van der Waals surface area contributed by atoms with E-state index < -0.39 is 0 Å². The van der Waals surface area contributed by atoms with E-state index in [9.17, 15) is 0 Å². The SMILES string of the molecule is CC1(C)[C@@H]2C[C@H]1c1ccc(-c3cccc(C4C=CC=C4)n3)nc1[C@H]2Cc1ccccc1. The molecule has 1 aromatic carbocycles. The molecule has 0 saturated heterocycles. The van der Waals surface area contributed by atoms with Crippen molar-refractivity contribution >= 4 is 0 Å². The highest BCUT2D eigenvalue weighted by Crippen LogP contribution is 2.66. The Hall–Kier alpha value is -3.00. The van der Waals surface area contributed by atoms with Gasteiger partial charge in [0.2, 0.25) is 0 Å². The molecule has 0 aliphatic heterocycles. The maximum atomic E-state index is 5.28. The van der Waals surface area contributed by atoms with Gasteiger partial charge in [-0.25, -0.2) is 0 Å². The molecule has 0 amide bonds. The summed E-state index contributed by atoms with van der Waals surface area (Å²) in [7, 11) is 0. The van der Waals surface area contributed by atoms with Gasteiger partial charge in [0, 0.05) is 17.5 Å². The molecular weight excluding hydrogens is 376 g/mol. The summed E-state index contributed by atoms with van der Waals surface area (Å²) in [5.41, 5.74) is 7.62. The molecule has 7 rings (SSSR count). The van der Waals surface area contributed by atoms with Gasteiger partial charge in [-0.05, 0) is 59.4 Å². The summed E-state index contributed by atoms with van der Waals surface area (Å²) in [6.07, 6.45) is 10.9. The van der Waals surface area contributed by atoms with Crippen LogP contribution in [0.5, 0.6) is 0 Å². The Balaban J connectivity index is 1.41. The van der Waals surface area contributed by atoms with E-state index in [0.29, 0.717) is 23.2 Å². The number of allylic oxidation sites excluding steroid dienone is 4. The first-order valence-electron chi connectivity index (χ1n) is 11.5. The van der Waals surface area contributed by atoms with Crippen molar-refractivity contribution < 1.29 is 0 Å². The summed E-state index contributed by atoms with van der Waals surface area (Å²) in [4.78, 5) is 10.3. The zero-order chi connectivity index (χ0) is 21.0. The summed E-state index contributed by atoms with van der Waals surface area (Å²) in [6, 6.07) is 21.8. The fourth-order valence-corrected chi connectivity index (χ4v) is 6.10. The summed E-state index contributed by atoms with van der Waals surface area (Å²) in [5, 5.41) is 0. The predicted octanol–water partition coefficient (Wildman–Crippen LogP) is 6.82. The molecule has 0 spiro atoms. The number of hydrogen-bond acceptors (Lipinski definition) is 2. The van der Waals surface area contributed by atoms with E-state index in [2.05, 4.69) is 98.8 Å². The molecule has 0 N–H and O–H groups in total. The molecule has 2 aromatic heterocycles. The summed E-state index contributed by atoms with van der Waals surface area (Å²) in [6.45, 7) is 4.91. The van der Waals surface area contributed by atoms with Crippen LogP contribution in [0.2, 0.25) is 0 Å². The highest BCUT2D eigenvalue weighted by Gasteiger charge is 2.57. The van der Waals surface area contributed by atoms with Crippen LogP contribution in [0.3, 0.4) is 0 Å². The highest BCUT2D eigenvalue weighted by atomic mass is 14.8. The second-order valence-corrected chi connectivity index (χ2v) is 9.93. The lowest BCUT2D eigenvalue weighted by atomic mass is 9.44. The van der Waals surface area contributed by atoms with Crippen molar-refractivity contribution in [3.05, 3.63) is 107 Å². The van der Waals surface area contributed by atoms with Crippen LogP contribution in [-0.2, 0) is 6.42 Å². The van der Waals surface area contributed by atoms with E-state index in [-0.39, 0.29) is 5.92 Å². The van der Waals surface area contributed by atoms with E-state index in [1.165, 1.54) is 23.2 Å². The van der Waals surface area contributed by atoms with Gasteiger partial charge in [0.1, 0.15) is 0 Å². The Labute approximate surface area is 184 Å². The van der Waals surface area contributed by atoms with E-state index in [1.54, 1.807) is 0 Å². The minimum atomic E-state index is 0.275. The van der Waals surface area contributed by atoms with E-state index in [4.69, 9.17) is 9.97 Å². The second kappa shape index (κ2) is 7.02. The van der Waals surface area contributed by atoms with Crippen molar-refractivity contribution in [1.82, 2.24) is 9.97 Å². The number of aromatic nitrogens is 2. The number of benzene rings is 1. The topological polar surface area (TPSA) is 25.8 Å². The van der Waals surface area contributed by atoms with Crippen LogP contribution >= 0.6 is 0 Å². The van der Waals surface area contributed by atoms with Crippen molar-refractivity contribution in [2.24, 2.45) is 11.3 Å². The smallest absolute Gasteiger partial charge is 0.0889 e. The van der Waals surface area contributed by atoms with Gasteiger partial charge >= 0.3 is 0 Å². The molecule has 4 aliphatic rings. The average Bonchev–Trinajstić information content (AvgIpc) is 3.34. The molecule has 31 heavy (non-hydrogen) atoms. The lowest BCUT2D eigenvalue weighted by molar-refractivity contribution is -0.00746. The minimum Gasteiger partial charge on any atom is -0.251 e. The molecule has 0 radical (unpaired) electrons. The van der Waals surface area contributed by atoms with Crippen LogP contribution in [0.4, 0.5) is 0 Å². The largest absolute Gasteiger partial charge is 0.251 e. The molecule has 4 aliphatic carbocycles. The average molecular weight is 405 g/mol. The summed E-state index contributed by atoms with van der Waals surface area (Å²) in [5.74, 6) is 2.08. The lowest BCUT2D eigenvalue weighted by Gasteiger charge is -2.60. The van der Waals surface area contributed by atoms with Crippen molar-refractivity contribution in [1.29, 1.82) is 0 Å². The molecule has 1 saturated carbocycles. The Morgan fingerprint density at radius 3 is 2.39 bits per heavy atom. The molecule has 3 atom stereocenters. The van der Waals surface area contributed by atoms with Gasteiger partial charge in [0.15, 0.2) is 0 Å². The summed E-state index contributed by atoms with van der Waals surface area (Å²) < 4.78 is 0. The maximum absolute atomic E-state index is 5.28. The number of pyridine rings is 2. The van der Waals surface area contributed by atoms with Gasteiger partial charge in [-0.2, -0.15) is 0 Å². The normalized spacial score (nSPS) is 25.3. The van der Waals surface area contributed by atoms with Gasteiger partial charge in [-0.3, -0.25) is 9.97 Å². The third-order valence-electron chi connectivity index (χ3n) is 7.93. The van der Waals surface area contributed by atoms with Crippen LogP contribution in [0.15, 0.2) is 85.0 Å². The minimum absolute atomic E-state index is 0.275. The van der Waals surface area contributed by atoms with Gasteiger partial charge in [-0.1, -0.05) is 80.6 Å². The van der Waals surface area contributed by atoms with Crippen molar-refractivity contribution in [3.63, 3.8) is 0 Å². The van der Waals surface area contributed by atoms with E-state index in [1.807, 2.05) is 0 Å². The van der Waals surface area contributed by atoms with Crippen molar-refractivity contribution in [2.75, 3.05) is 0 Å². The first-order valence-corrected chi connectivity index (χ1v) is 11.5. The quantitative estimate of drug-likeness (QED) is 0.477. The van der Waals surface area contributed by atoms with Gasteiger partial charge in [-0.15, -0.1) is 0 Å². The Bertz CT molecular complexity index is 1180. The fourth-order valence-electron chi connectivity index (χ4n) is 6.10. The molecule has 2 heteroatoms. The zero-order valence-electron chi connectivity index (χ0n) is 18.2. The Kier molecular flexibility index (Phi) is 4.24. The number of rotatable bonds is 4. The van der Waals surface area contributed by atoms with Crippen LogP contribution in [0, 0.1) is 11.3 Å². The molecule has 2 nitrogen and oxygen atoms in total. The van der Waals surface area contributed by atoms with E-state index in [0.717, 1.165) is 23.5 Å². The van der Waals surface area contributed by atoms with Gasteiger partial charge in [0.25, 0.3) is 0 Å². The first-order chi connectivity index (χ1) is 15.1. The zero-order valence-corrected chi connectivity index (χ0v) is 18.2. The van der Waals surface area contributed by atoms with Crippen molar-refractivity contribution in [2.45, 2.75) is 44.4 Å². The van der Waals surface area contributed by atoms with Crippen LogP contribution in [0.25, 0.3) is 11.4 Å². The molecule has 1 fully saturated rings. The molecule has 2 heterocycles. The summed E-state index contributed by atoms with van der Waals surface area (Å²) >= 11 is 0. The molecule has 3 aromatic rings. The second-order valence-electron chi connectivity index (χ2n) is 9.93. The number of nitrogens with zero attached hydrogens (tertiary/aromatic N) is 2. The Morgan fingerprint density at radius 2 is 1.61 bits per heavy atom. The molecule has 2 bridgehead atoms. The van der Waals surface area contributed by atoms with E-state index >= 15 is 0 Å². The molecule has 154 valence electrons. The number of hydrogen-bond donors (Lipinski definition) is 0. The van der Waals surface area contributed by atoms with Crippen LogP contribution < -0.4 is 0 Å².